The molecule has 0 bridgehead atoms. The van der Waals surface area contributed by atoms with Gasteiger partial charge in [-0.25, -0.2) is 4.79 Å². The zero-order valence-corrected chi connectivity index (χ0v) is 10.8. The minimum Gasteiger partial charge on any atom is -0.408 e. The first-order valence-corrected chi connectivity index (χ1v) is 5.98. The van der Waals surface area contributed by atoms with Crippen LogP contribution in [-0.2, 0) is 4.74 Å². The van der Waals surface area contributed by atoms with E-state index in [1.807, 2.05) is 12.1 Å². The molecule has 0 saturated heterocycles. The zero-order chi connectivity index (χ0) is 13.1. The number of H-pyrrole nitrogens is 1. The number of nitrogens with one attached hydrogen (secondary N) is 2. The second-order valence-corrected chi connectivity index (χ2v) is 4.68. The molecule has 2 aromatic rings. The highest BCUT2D eigenvalue weighted by atomic mass is 16.5. The fraction of sp³-hybridized carbons (Fsp3) is 0.462. The summed E-state index contributed by atoms with van der Waals surface area (Å²) in [4.78, 5) is 13.7. The molecule has 0 aliphatic rings. The lowest BCUT2D eigenvalue weighted by molar-refractivity contribution is 0.171. The summed E-state index contributed by atoms with van der Waals surface area (Å²) in [6.45, 7) is 4.90. The van der Waals surface area contributed by atoms with E-state index in [1.165, 1.54) is 0 Å². The van der Waals surface area contributed by atoms with Crippen LogP contribution in [0.25, 0.3) is 11.1 Å². The smallest absolute Gasteiger partial charge is 0.408 e. The number of aromatic nitrogens is 1. The van der Waals surface area contributed by atoms with Crippen LogP contribution in [0.4, 0.5) is 5.69 Å². The summed E-state index contributed by atoms with van der Waals surface area (Å²) in [5.41, 5.74) is 2.21. The maximum absolute atomic E-state index is 11.1. The number of anilines is 1. The topological polar surface area (TPSA) is 67.3 Å². The third-order valence-corrected chi connectivity index (χ3v) is 2.92. The Morgan fingerprint density at radius 2 is 2.22 bits per heavy atom. The van der Waals surface area contributed by atoms with Crippen molar-refractivity contribution in [1.29, 1.82) is 0 Å². The van der Waals surface area contributed by atoms with Crippen LogP contribution in [0.15, 0.2) is 27.4 Å². The molecule has 2 rings (SSSR count). The van der Waals surface area contributed by atoms with Crippen LogP contribution in [-0.4, -0.2) is 24.7 Å². The van der Waals surface area contributed by atoms with Crippen LogP contribution in [0, 0.1) is 5.92 Å². The fourth-order valence-corrected chi connectivity index (χ4v) is 1.84. The molecule has 1 atom stereocenters. The van der Waals surface area contributed by atoms with Crippen molar-refractivity contribution in [2.45, 2.75) is 19.9 Å². The molecule has 2 N–H and O–H groups in total. The van der Waals surface area contributed by atoms with Crippen molar-refractivity contribution in [1.82, 2.24) is 4.98 Å². The first-order chi connectivity index (χ1) is 8.60. The SMILES string of the molecule is COCC(Nc1ccc2oc(=O)[nH]c2c1)C(C)C. The van der Waals surface area contributed by atoms with Crippen LogP contribution in [0.1, 0.15) is 13.8 Å². The lowest BCUT2D eigenvalue weighted by Gasteiger charge is -2.22. The highest BCUT2D eigenvalue weighted by Crippen LogP contribution is 2.18. The van der Waals surface area contributed by atoms with E-state index in [-0.39, 0.29) is 6.04 Å². The second-order valence-electron chi connectivity index (χ2n) is 4.68. The summed E-state index contributed by atoms with van der Waals surface area (Å²) < 4.78 is 10.1. The Bertz CT molecular complexity index is 571. The number of methoxy groups -OCH3 is 1. The number of rotatable bonds is 5. The maximum Gasteiger partial charge on any atom is 0.417 e. The molecule has 1 aromatic carbocycles. The summed E-state index contributed by atoms with van der Waals surface area (Å²) in [6, 6.07) is 5.76. The molecule has 5 heteroatoms. The minimum atomic E-state index is -0.431. The quantitative estimate of drug-likeness (QED) is 0.853. The van der Waals surface area contributed by atoms with Gasteiger partial charge in [0, 0.05) is 12.8 Å². The summed E-state index contributed by atoms with van der Waals surface area (Å²) >= 11 is 0. The van der Waals surface area contributed by atoms with Gasteiger partial charge in [-0.1, -0.05) is 13.8 Å². The van der Waals surface area contributed by atoms with Crippen molar-refractivity contribution in [2.24, 2.45) is 5.92 Å². The first-order valence-electron chi connectivity index (χ1n) is 5.98. The second kappa shape index (κ2) is 5.27. The molecule has 18 heavy (non-hydrogen) atoms. The summed E-state index contributed by atoms with van der Waals surface area (Å²) in [6.07, 6.45) is 0. The van der Waals surface area contributed by atoms with Gasteiger partial charge in [-0.15, -0.1) is 0 Å². The van der Waals surface area contributed by atoms with E-state index in [1.54, 1.807) is 13.2 Å². The van der Waals surface area contributed by atoms with Crippen molar-refractivity contribution < 1.29 is 9.15 Å². The van der Waals surface area contributed by atoms with Crippen LogP contribution < -0.4 is 11.1 Å². The molecule has 98 valence electrons. The largest absolute Gasteiger partial charge is 0.417 e. The van der Waals surface area contributed by atoms with E-state index in [0.717, 1.165) is 5.69 Å². The highest BCUT2D eigenvalue weighted by molar-refractivity contribution is 5.76. The number of hydrogen-bond acceptors (Lipinski definition) is 4. The average Bonchev–Trinajstić information content (AvgIpc) is 2.67. The summed E-state index contributed by atoms with van der Waals surface area (Å²) in [5.74, 6) is 0.0171. The van der Waals surface area contributed by atoms with Gasteiger partial charge in [-0.05, 0) is 24.1 Å². The zero-order valence-electron chi connectivity index (χ0n) is 10.8. The van der Waals surface area contributed by atoms with E-state index in [0.29, 0.717) is 23.6 Å². The number of benzene rings is 1. The van der Waals surface area contributed by atoms with Gasteiger partial charge in [-0.2, -0.15) is 0 Å². The van der Waals surface area contributed by atoms with Crippen molar-refractivity contribution in [2.75, 3.05) is 19.0 Å². The number of fused-ring (bicyclic) bond motifs is 1. The standard InChI is InChI=1S/C13H18N2O3/c1-8(2)11(7-17-3)14-9-4-5-12-10(6-9)15-13(16)18-12/h4-6,8,11,14H,7H2,1-3H3,(H,15,16). The van der Waals surface area contributed by atoms with Gasteiger partial charge in [0.05, 0.1) is 18.2 Å². The lowest BCUT2D eigenvalue weighted by Crippen LogP contribution is -2.30. The van der Waals surface area contributed by atoms with Gasteiger partial charge in [0.2, 0.25) is 0 Å². The third kappa shape index (κ3) is 2.73. The number of aromatic amines is 1. The Kier molecular flexibility index (Phi) is 3.72. The van der Waals surface area contributed by atoms with Crippen molar-refractivity contribution in [3.8, 4) is 0 Å². The van der Waals surface area contributed by atoms with E-state index < -0.39 is 5.76 Å². The molecule has 1 unspecified atom stereocenters. The Morgan fingerprint density at radius 1 is 1.44 bits per heavy atom. The van der Waals surface area contributed by atoms with Gasteiger partial charge in [0.25, 0.3) is 0 Å². The van der Waals surface area contributed by atoms with Crippen molar-refractivity contribution in [3.05, 3.63) is 28.7 Å². The van der Waals surface area contributed by atoms with E-state index in [2.05, 4.69) is 24.1 Å². The van der Waals surface area contributed by atoms with Crippen LogP contribution >= 0.6 is 0 Å². The number of ether oxygens (including phenoxy) is 1. The fourth-order valence-electron chi connectivity index (χ4n) is 1.84. The monoisotopic (exact) mass is 250 g/mol. The molecule has 0 fully saturated rings. The number of hydrogen-bond donors (Lipinski definition) is 2. The van der Waals surface area contributed by atoms with E-state index >= 15 is 0 Å². The molecule has 1 aromatic heterocycles. The summed E-state index contributed by atoms with van der Waals surface area (Å²) in [5, 5.41) is 3.39. The van der Waals surface area contributed by atoms with Crippen LogP contribution in [0.3, 0.4) is 0 Å². The predicted molar refractivity (Wildman–Crippen MR) is 71.0 cm³/mol. The normalized spacial score (nSPS) is 13.1. The third-order valence-electron chi connectivity index (χ3n) is 2.92. The molecule has 1 heterocycles. The van der Waals surface area contributed by atoms with Gasteiger partial charge in [0.1, 0.15) is 0 Å². The minimum absolute atomic E-state index is 0.228. The predicted octanol–water partition coefficient (Wildman–Crippen LogP) is 2.20. The van der Waals surface area contributed by atoms with Gasteiger partial charge in [0.15, 0.2) is 5.58 Å². The Balaban J connectivity index is 2.22. The Labute approximate surface area is 105 Å². The van der Waals surface area contributed by atoms with Crippen molar-refractivity contribution >= 4 is 16.8 Å². The van der Waals surface area contributed by atoms with Gasteiger partial charge >= 0.3 is 5.76 Å². The van der Waals surface area contributed by atoms with Crippen LogP contribution in [0.2, 0.25) is 0 Å². The molecule has 0 amide bonds. The molecule has 5 nitrogen and oxygen atoms in total. The maximum atomic E-state index is 11.1. The Morgan fingerprint density at radius 3 is 2.89 bits per heavy atom. The molecule has 0 saturated carbocycles. The first kappa shape index (κ1) is 12.7. The average molecular weight is 250 g/mol. The van der Waals surface area contributed by atoms with E-state index in [9.17, 15) is 4.79 Å². The molecular weight excluding hydrogens is 232 g/mol. The molecule has 0 radical (unpaired) electrons. The summed E-state index contributed by atoms with van der Waals surface area (Å²) in [7, 11) is 1.69. The van der Waals surface area contributed by atoms with Crippen LogP contribution in [0.5, 0.6) is 0 Å². The molecule has 0 aliphatic carbocycles. The molecule has 0 spiro atoms. The Hall–Kier alpha value is -1.75. The number of oxazole rings is 1. The molecular formula is C13H18N2O3. The van der Waals surface area contributed by atoms with Gasteiger partial charge in [-0.3, -0.25) is 4.98 Å². The highest BCUT2D eigenvalue weighted by Gasteiger charge is 2.13. The lowest BCUT2D eigenvalue weighted by atomic mass is 10.1. The van der Waals surface area contributed by atoms with Gasteiger partial charge < -0.3 is 14.5 Å². The molecule has 0 aliphatic heterocycles. The van der Waals surface area contributed by atoms with E-state index in [4.69, 9.17) is 9.15 Å². The van der Waals surface area contributed by atoms with Crippen molar-refractivity contribution in [3.63, 3.8) is 0 Å².